The molecule has 7 heteroatoms. The van der Waals surface area contributed by atoms with E-state index in [-0.39, 0.29) is 6.04 Å². The Morgan fingerprint density at radius 2 is 1.90 bits per heavy atom. The zero-order valence-electron chi connectivity index (χ0n) is 12.5. The molecular formula is C13H24N6O. The molecule has 1 fully saturated rings. The van der Waals surface area contributed by atoms with Crippen LogP contribution in [0.2, 0.25) is 0 Å². The molecule has 7 nitrogen and oxygen atoms in total. The number of nitrogens with zero attached hydrogens (tertiary/aromatic N) is 4. The van der Waals surface area contributed by atoms with Gasteiger partial charge in [-0.1, -0.05) is 0 Å². The summed E-state index contributed by atoms with van der Waals surface area (Å²) in [6, 6.07) is 0.613. The van der Waals surface area contributed by atoms with E-state index in [4.69, 9.17) is 4.74 Å². The van der Waals surface area contributed by atoms with E-state index in [9.17, 15) is 0 Å². The van der Waals surface area contributed by atoms with Gasteiger partial charge in [0.25, 0.3) is 0 Å². The third-order valence-electron chi connectivity index (χ3n) is 3.24. The maximum Gasteiger partial charge on any atom is 0.322 e. The quantitative estimate of drug-likeness (QED) is 0.777. The average Bonchev–Trinajstić information content (AvgIpc) is 2.91. The lowest BCUT2D eigenvalue weighted by Crippen LogP contribution is -2.33. The second kappa shape index (κ2) is 7.23. The number of likely N-dealkylation sites (tertiary alicyclic amines) is 1. The van der Waals surface area contributed by atoms with Gasteiger partial charge in [-0.05, 0) is 39.8 Å². The highest BCUT2D eigenvalue weighted by Crippen LogP contribution is 2.13. The number of anilines is 2. The number of rotatable bonds is 7. The maximum absolute atomic E-state index is 5.10. The molecule has 0 spiro atoms. The van der Waals surface area contributed by atoms with E-state index < -0.39 is 0 Å². The molecule has 20 heavy (non-hydrogen) atoms. The number of hydrogen-bond donors (Lipinski definition) is 2. The number of ether oxygens (including phenoxy) is 1. The van der Waals surface area contributed by atoms with Crippen molar-refractivity contribution in [1.82, 2.24) is 19.9 Å². The van der Waals surface area contributed by atoms with Crippen LogP contribution in [0.1, 0.15) is 26.7 Å². The van der Waals surface area contributed by atoms with Crippen LogP contribution in [0.3, 0.4) is 0 Å². The second-order valence-corrected chi connectivity index (χ2v) is 5.05. The van der Waals surface area contributed by atoms with E-state index in [1.165, 1.54) is 25.9 Å². The number of nitrogens with one attached hydrogen (secondary N) is 2. The minimum absolute atomic E-state index is 0.287. The van der Waals surface area contributed by atoms with Gasteiger partial charge in [0.1, 0.15) is 0 Å². The van der Waals surface area contributed by atoms with Crippen LogP contribution in [0.25, 0.3) is 0 Å². The van der Waals surface area contributed by atoms with Gasteiger partial charge in [-0.25, -0.2) is 0 Å². The number of hydrogen-bond acceptors (Lipinski definition) is 7. The van der Waals surface area contributed by atoms with Gasteiger partial charge in [0.15, 0.2) is 0 Å². The molecule has 1 aliphatic rings. The van der Waals surface area contributed by atoms with Gasteiger partial charge in [-0.3, -0.25) is 0 Å². The Labute approximate surface area is 120 Å². The predicted molar refractivity (Wildman–Crippen MR) is 79.3 cm³/mol. The van der Waals surface area contributed by atoms with Crippen LogP contribution in [-0.2, 0) is 0 Å². The highest BCUT2D eigenvalue weighted by atomic mass is 16.5. The fraction of sp³-hybridized carbons (Fsp3) is 0.769. The van der Waals surface area contributed by atoms with Crippen LogP contribution in [0.4, 0.5) is 11.9 Å². The lowest BCUT2D eigenvalue weighted by Gasteiger charge is -2.21. The molecule has 0 radical (unpaired) electrons. The van der Waals surface area contributed by atoms with Gasteiger partial charge in [0.2, 0.25) is 11.9 Å². The Kier molecular flexibility index (Phi) is 5.34. The van der Waals surface area contributed by atoms with Crippen molar-refractivity contribution < 1.29 is 4.74 Å². The van der Waals surface area contributed by atoms with E-state index >= 15 is 0 Å². The van der Waals surface area contributed by atoms with Crippen molar-refractivity contribution in [1.29, 1.82) is 0 Å². The lowest BCUT2D eigenvalue weighted by atomic mass is 10.3. The van der Waals surface area contributed by atoms with Gasteiger partial charge in [0.05, 0.1) is 7.11 Å². The van der Waals surface area contributed by atoms with Crippen LogP contribution in [0.15, 0.2) is 0 Å². The standard InChI is InChI=1S/C13H24N6O/c1-4-14-11-16-12(18-13(17-11)20-3)15-10(2)9-19-7-5-6-8-19/h10H,4-9H2,1-3H3,(H2,14,15,16,17,18). The zero-order chi connectivity index (χ0) is 14.4. The summed E-state index contributed by atoms with van der Waals surface area (Å²) in [5, 5.41) is 6.39. The molecule has 0 saturated carbocycles. The summed E-state index contributed by atoms with van der Waals surface area (Å²) < 4.78 is 5.10. The van der Waals surface area contributed by atoms with Gasteiger partial charge in [-0.15, -0.1) is 0 Å². The minimum Gasteiger partial charge on any atom is -0.467 e. The normalized spacial score (nSPS) is 16.9. The Morgan fingerprint density at radius 1 is 1.20 bits per heavy atom. The molecule has 0 bridgehead atoms. The molecule has 1 aromatic rings. The monoisotopic (exact) mass is 280 g/mol. The van der Waals surface area contributed by atoms with Crippen molar-refractivity contribution in [2.75, 3.05) is 43.9 Å². The molecule has 1 saturated heterocycles. The minimum atomic E-state index is 0.287. The van der Waals surface area contributed by atoms with Gasteiger partial charge >= 0.3 is 6.01 Å². The Bertz CT molecular complexity index is 421. The molecule has 2 rings (SSSR count). The molecule has 2 heterocycles. The SMILES string of the molecule is CCNc1nc(NC(C)CN2CCCC2)nc(OC)n1. The summed E-state index contributed by atoms with van der Waals surface area (Å²) in [5.74, 6) is 1.09. The molecule has 0 amide bonds. The van der Waals surface area contributed by atoms with Crippen molar-refractivity contribution in [3.05, 3.63) is 0 Å². The zero-order valence-corrected chi connectivity index (χ0v) is 12.5. The van der Waals surface area contributed by atoms with Crippen molar-refractivity contribution in [2.24, 2.45) is 0 Å². The van der Waals surface area contributed by atoms with E-state index in [2.05, 4.69) is 37.4 Å². The second-order valence-electron chi connectivity index (χ2n) is 5.05. The molecular weight excluding hydrogens is 256 g/mol. The Balaban J connectivity index is 1.97. The van der Waals surface area contributed by atoms with E-state index in [1.807, 2.05) is 6.92 Å². The fourth-order valence-corrected chi connectivity index (χ4v) is 2.37. The van der Waals surface area contributed by atoms with Crippen LogP contribution < -0.4 is 15.4 Å². The molecule has 1 unspecified atom stereocenters. The predicted octanol–water partition coefficient (Wildman–Crippen LogP) is 1.21. The first kappa shape index (κ1) is 14.8. The summed E-state index contributed by atoms with van der Waals surface area (Å²) in [5.41, 5.74) is 0. The third kappa shape index (κ3) is 4.19. The molecule has 2 N–H and O–H groups in total. The van der Waals surface area contributed by atoms with Crippen molar-refractivity contribution >= 4 is 11.9 Å². The van der Waals surface area contributed by atoms with Crippen molar-refractivity contribution in [3.63, 3.8) is 0 Å². The van der Waals surface area contributed by atoms with E-state index in [0.29, 0.717) is 17.9 Å². The van der Waals surface area contributed by atoms with Crippen LogP contribution in [0, 0.1) is 0 Å². The highest BCUT2D eigenvalue weighted by Gasteiger charge is 2.16. The first-order valence-electron chi connectivity index (χ1n) is 7.24. The largest absolute Gasteiger partial charge is 0.467 e. The molecule has 1 atom stereocenters. The Hall–Kier alpha value is -1.63. The Morgan fingerprint density at radius 3 is 2.55 bits per heavy atom. The molecule has 1 aliphatic heterocycles. The van der Waals surface area contributed by atoms with E-state index in [1.54, 1.807) is 7.11 Å². The van der Waals surface area contributed by atoms with Crippen molar-refractivity contribution in [3.8, 4) is 6.01 Å². The first-order chi connectivity index (χ1) is 9.71. The lowest BCUT2D eigenvalue weighted by molar-refractivity contribution is 0.327. The summed E-state index contributed by atoms with van der Waals surface area (Å²) in [4.78, 5) is 15.2. The molecule has 0 aromatic carbocycles. The number of methoxy groups -OCH3 is 1. The van der Waals surface area contributed by atoms with Crippen molar-refractivity contribution in [2.45, 2.75) is 32.7 Å². The maximum atomic E-state index is 5.10. The molecule has 1 aromatic heterocycles. The van der Waals surface area contributed by atoms with Crippen LogP contribution >= 0.6 is 0 Å². The van der Waals surface area contributed by atoms with Gasteiger partial charge < -0.3 is 20.3 Å². The van der Waals surface area contributed by atoms with Crippen LogP contribution in [0.5, 0.6) is 6.01 Å². The van der Waals surface area contributed by atoms with Gasteiger partial charge in [-0.2, -0.15) is 15.0 Å². The summed E-state index contributed by atoms with van der Waals surface area (Å²) >= 11 is 0. The van der Waals surface area contributed by atoms with E-state index in [0.717, 1.165) is 13.1 Å². The average molecular weight is 280 g/mol. The van der Waals surface area contributed by atoms with Crippen LogP contribution in [-0.4, -0.2) is 59.2 Å². The topological polar surface area (TPSA) is 75.2 Å². The van der Waals surface area contributed by atoms with Gasteiger partial charge in [0, 0.05) is 19.1 Å². The molecule has 0 aliphatic carbocycles. The summed E-state index contributed by atoms with van der Waals surface area (Å²) in [7, 11) is 1.56. The smallest absolute Gasteiger partial charge is 0.322 e. The first-order valence-corrected chi connectivity index (χ1v) is 7.24. The fourth-order valence-electron chi connectivity index (χ4n) is 2.37. The summed E-state index contributed by atoms with van der Waals surface area (Å²) in [6.07, 6.45) is 2.60. The third-order valence-corrected chi connectivity index (χ3v) is 3.24. The number of aromatic nitrogens is 3. The highest BCUT2D eigenvalue weighted by molar-refractivity contribution is 5.36. The molecule has 112 valence electrons. The summed E-state index contributed by atoms with van der Waals surface area (Å²) in [6.45, 7) is 8.28.